The summed E-state index contributed by atoms with van der Waals surface area (Å²) in [5.74, 6) is 2.61. The van der Waals surface area contributed by atoms with Gasteiger partial charge in [-0.3, -0.25) is 0 Å². The van der Waals surface area contributed by atoms with Crippen molar-refractivity contribution in [1.29, 1.82) is 0 Å². The van der Waals surface area contributed by atoms with Gasteiger partial charge in [0.1, 0.15) is 0 Å². The molecule has 126 valence electrons. The summed E-state index contributed by atoms with van der Waals surface area (Å²) < 4.78 is 0. The molecule has 0 amide bonds. The molecule has 4 aliphatic rings. The quantitative estimate of drug-likeness (QED) is 0.581. The molecule has 0 unspecified atom stereocenters. The van der Waals surface area contributed by atoms with Crippen LogP contribution in [-0.4, -0.2) is 22.3 Å². The van der Waals surface area contributed by atoms with Crippen molar-refractivity contribution in [2.45, 2.75) is 51.6 Å². The van der Waals surface area contributed by atoms with Gasteiger partial charge in [-0.15, -0.1) is 0 Å². The van der Waals surface area contributed by atoms with E-state index in [1.807, 2.05) is 0 Å². The summed E-state index contributed by atoms with van der Waals surface area (Å²) in [5, 5.41) is 19.9. The van der Waals surface area contributed by atoms with Crippen LogP contribution in [0.25, 0.3) is 0 Å². The highest BCUT2D eigenvalue weighted by Gasteiger charge is 2.63. The van der Waals surface area contributed by atoms with Gasteiger partial charge in [0.05, 0.1) is 6.10 Å². The zero-order valence-electron chi connectivity index (χ0n) is 13.9. The van der Waals surface area contributed by atoms with Crippen molar-refractivity contribution >= 4 is 5.97 Å². The molecule has 2 N–H and O–H groups in total. The Morgan fingerprint density at radius 3 is 2.74 bits per heavy atom. The molecular formula is C20H28O3. The maximum absolute atomic E-state index is 11.5. The van der Waals surface area contributed by atoms with Gasteiger partial charge in [-0.1, -0.05) is 44.8 Å². The Morgan fingerprint density at radius 1 is 1.17 bits per heavy atom. The lowest BCUT2D eigenvalue weighted by atomic mass is 9.50. The number of hydrogen-bond donors (Lipinski definition) is 2. The van der Waals surface area contributed by atoms with Gasteiger partial charge >= 0.3 is 5.97 Å². The molecule has 0 radical (unpaired) electrons. The van der Waals surface area contributed by atoms with Crippen molar-refractivity contribution in [2.75, 3.05) is 0 Å². The normalized spacial score (nSPS) is 46.1. The Kier molecular flexibility index (Phi) is 3.87. The summed E-state index contributed by atoms with van der Waals surface area (Å²) >= 11 is 0. The first-order valence-corrected chi connectivity index (χ1v) is 9.45. The molecular weight excluding hydrogens is 288 g/mol. The van der Waals surface area contributed by atoms with E-state index in [4.69, 9.17) is 0 Å². The van der Waals surface area contributed by atoms with E-state index in [1.165, 1.54) is 32.1 Å². The van der Waals surface area contributed by atoms with Crippen LogP contribution in [0.1, 0.15) is 45.4 Å². The Morgan fingerprint density at radius 2 is 2.00 bits per heavy atom. The minimum atomic E-state index is -0.852. The molecule has 23 heavy (non-hydrogen) atoms. The van der Waals surface area contributed by atoms with Crippen molar-refractivity contribution in [3.63, 3.8) is 0 Å². The molecule has 0 aromatic rings. The second-order valence-corrected chi connectivity index (χ2v) is 8.14. The molecule has 0 heterocycles. The largest absolute Gasteiger partial charge is 0.478 e. The highest BCUT2D eigenvalue weighted by atomic mass is 16.4. The molecule has 2 saturated carbocycles. The van der Waals surface area contributed by atoms with Gasteiger partial charge < -0.3 is 10.2 Å². The molecule has 0 aliphatic heterocycles. The van der Waals surface area contributed by atoms with E-state index in [0.717, 1.165) is 18.3 Å². The molecule has 3 heteroatoms. The fourth-order valence-electron chi connectivity index (χ4n) is 6.30. The number of aliphatic hydroxyl groups is 1. The van der Waals surface area contributed by atoms with Gasteiger partial charge in [0, 0.05) is 11.5 Å². The van der Waals surface area contributed by atoms with E-state index in [-0.39, 0.29) is 11.8 Å². The molecule has 4 rings (SSSR count). The highest BCUT2D eigenvalue weighted by Crippen LogP contribution is 2.67. The predicted octanol–water partition coefficient (Wildman–Crippen LogP) is 3.64. The van der Waals surface area contributed by atoms with Crippen LogP contribution in [0.5, 0.6) is 0 Å². The number of carboxylic acid groups (broad SMARTS) is 1. The van der Waals surface area contributed by atoms with Crippen LogP contribution in [-0.2, 0) is 4.79 Å². The maximum atomic E-state index is 11.5. The Balaban J connectivity index is 1.53. The average molecular weight is 316 g/mol. The average Bonchev–Trinajstić information content (AvgIpc) is 2.88. The zero-order chi connectivity index (χ0) is 16.1. The van der Waals surface area contributed by atoms with Crippen LogP contribution in [0.2, 0.25) is 0 Å². The Bertz CT molecular complexity index is 549. The first kappa shape index (κ1) is 15.4. The number of aliphatic carboxylic acids is 1. The Hall–Kier alpha value is -1.09. The maximum Gasteiger partial charge on any atom is 0.331 e. The molecule has 4 aliphatic carbocycles. The lowest BCUT2D eigenvalue weighted by Crippen LogP contribution is -2.50. The van der Waals surface area contributed by atoms with E-state index in [2.05, 4.69) is 19.1 Å². The van der Waals surface area contributed by atoms with Crippen LogP contribution in [0.3, 0.4) is 0 Å². The SMILES string of the molecule is CCCCCC[C@@H]1[C@H]2C=C[C@H]3C(C(=O)O)=C[C@H](O)[C@@H]4C[C@@H]1[C@@H]2[C@H]43. The van der Waals surface area contributed by atoms with Crippen LogP contribution in [0, 0.1) is 41.4 Å². The summed E-state index contributed by atoms with van der Waals surface area (Å²) in [6, 6.07) is 0. The molecule has 8 atom stereocenters. The van der Waals surface area contributed by atoms with Crippen LogP contribution < -0.4 is 0 Å². The third-order valence-electron chi connectivity index (χ3n) is 7.21. The van der Waals surface area contributed by atoms with E-state index in [9.17, 15) is 15.0 Å². The Labute approximate surface area is 138 Å². The van der Waals surface area contributed by atoms with Crippen molar-refractivity contribution in [2.24, 2.45) is 41.4 Å². The molecule has 0 aromatic carbocycles. The number of hydrogen-bond acceptors (Lipinski definition) is 2. The minimum Gasteiger partial charge on any atom is -0.478 e. The van der Waals surface area contributed by atoms with E-state index in [1.54, 1.807) is 6.08 Å². The lowest BCUT2D eigenvalue weighted by Gasteiger charge is -2.54. The number of carbonyl (C=O) groups is 1. The number of rotatable bonds is 6. The molecule has 0 bridgehead atoms. The van der Waals surface area contributed by atoms with Crippen molar-refractivity contribution in [3.05, 3.63) is 23.8 Å². The van der Waals surface area contributed by atoms with Crippen LogP contribution in [0.15, 0.2) is 23.8 Å². The van der Waals surface area contributed by atoms with E-state index in [0.29, 0.717) is 23.3 Å². The third-order valence-corrected chi connectivity index (χ3v) is 7.21. The molecule has 0 saturated heterocycles. The van der Waals surface area contributed by atoms with Gasteiger partial charge in [0.15, 0.2) is 0 Å². The van der Waals surface area contributed by atoms with E-state index < -0.39 is 12.1 Å². The van der Waals surface area contributed by atoms with Crippen LogP contribution in [0.4, 0.5) is 0 Å². The smallest absolute Gasteiger partial charge is 0.331 e. The molecule has 0 spiro atoms. The zero-order valence-corrected chi connectivity index (χ0v) is 13.9. The van der Waals surface area contributed by atoms with Crippen molar-refractivity contribution in [3.8, 4) is 0 Å². The predicted molar refractivity (Wildman–Crippen MR) is 88.7 cm³/mol. The topological polar surface area (TPSA) is 57.5 Å². The first-order valence-electron chi connectivity index (χ1n) is 9.45. The van der Waals surface area contributed by atoms with Gasteiger partial charge in [0.25, 0.3) is 0 Å². The second kappa shape index (κ2) is 5.77. The summed E-state index contributed by atoms with van der Waals surface area (Å²) in [6.45, 7) is 2.25. The standard InChI is InChI=1S/C20H28O3/c1-2-3-4-5-6-11-12-7-8-13-15(20(22)23)10-17(21)16-9-14(11)18(12)19(13)16/h7-8,10-14,16-19,21H,2-6,9H2,1H3,(H,22,23)/t11-,12-,13+,14+,16+,17+,18-,19+/m1/s1. The van der Waals surface area contributed by atoms with Crippen molar-refractivity contribution < 1.29 is 15.0 Å². The van der Waals surface area contributed by atoms with Crippen LogP contribution >= 0.6 is 0 Å². The second-order valence-electron chi connectivity index (χ2n) is 8.14. The van der Waals surface area contributed by atoms with Gasteiger partial charge in [0.2, 0.25) is 0 Å². The van der Waals surface area contributed by atoms with Gasteiger partial charge in [-0.05, 0) is 54.4 Å². The lowest BCUT2D eigenvalue weighted by molar-refractivity contribution is -0.134. The first-order chi connectivity index (χ1) is 11.1. The summed E-state index contributed by atoms with van der Waals surface area (Å²) in [5.41, 5.74) is 0.431. The molecule has 2 fully saturated rings. The molecule has 3 nitrogen and oxygen atoms in total. The minimum absolute atomic E-state index is 0.0354. The summed E-state index contributed by atoms with van der Waals surface area (Å²) in [4.78, 5) is 11.5. The summed E-state index contributed by atoms with van der Waals surface area (Å²) in [7, 11) is 0. The fraction of sp³-hybridized carbons (Fsp3) is 0.750. The molecule has 0 aromatic heterocycles. The van der Waals surface area contributed by atoms with E-state index >= 15 is 0 Å². The monoisotopic (exact) mass is 316 g/mol. The number of allylic oxidation sites excluding steroid dienone is 2. The number of carboxylic acids is 1. The summed E-state index contributed by atoms with van der Waals surface area (Å²) in [6.07, 6.45) is 13.2. The fourth-order valence-corrected chi connectivity index (χ4v) is 6.30. The van der Waals surface area contributed by atoms with Gasteiger partial charge in [-0.2, -0.15) is 0 Å². The highest BCUT2D eigenvalue weighted by molar-refractivity contribution is 5.88. The number of aliphatic hydroxyl groups excluding tert-OH is 1. The number of unbranched alkanes of at least 4 members (excludes halogenated alkanes) is 3. The van der Waals surface area contributed by atoms with Crippen molar-refractivity contribution in [1.82, 2.24) is 0 Å². The third kappa shape index (κ3) is 2.23. The van der Waals surface area contributed by atoms with Gasteiger partial charge in [-0.25, -0.2) is 4.79 Å².